The number of aryl methyl sites for hydroxylation is 2. The van der Waals surface area contributed by atoms with E-state index in [2.05, 4.69) is 15.6 Å². The van der Waals surface area contributed by atoms with Crippen molar-refractivity contribution in [3.8, 4) is 0 Å². The van der Waals surface area contributed by atoms with Crippen molar-refractivity contribution >= 4 is 29.2 Å². The Labute approximate surface area is 212 Å². The quantitative estimate of drug-likeness (QED) is 0.463. The van der Waals surface area contributed by atoms with Gasteiger partial charge in [-0.2, -0.15) is 0 Å². The highest BCUT2D eigenvalue weighted by Crippen LogP contribution is 2.32. The number of pyridine rings is 1. The Hall–Kier alpha value is -4.00. The number of rotatable bonds is 8. The number of nitrogens with zero attached hydrogens (tertiary/aromatic N) is 2. The standard InChI is InChI=1S/C29H34N4O3/c1-20-13-15-22(16-14-20)27(28(36)32-29(3,4)5)33(23-11-7-6-10-21(23)2)26(35)18-17-25(34)31-24-12-8-9-19-30-24/h6-16,19,27H,17-18H2,1-5H3,(H,32,36)(H,30,31,34)/t27-/m1/s1. The molecule has 3 rings (SSSR count). The summed E-state index contributed by atoms with van der Waals surface area (Å²) in [7, 11) is 0. The highest BCUT2D eigenvalue weighted by molar-refractivity contribution is 6.03. The molecule has 3 amide bonds. The lowest BCUT2D eigenvalue weighted by Crippen LogP contribution is -2.49. The van der Waals surface area contributed by atoms with Gasteiger partial charge >= 0.3 is 0 Å². The number of carbonyl (C=O) groups excluding carboxylic acids is 3. The van der Waals surface area contributed by atoms with E-state index < -0.39 is 11.6 Å². The molecule has 36 heavy (non-hydrogen) atoms. The van der Waals surface area contributed by atoms with Gasteiger partial charge in [-0.1, -0.05) is 54.1 Å². The number of aromatic nitrogens is 1. The Morgan fingerprint density at radius 3 is 2.17 bits per heavy atom. The number of carbonyl (C=O) groups is 3. The van der Waals surface area contributed by atoms with Crippen molar-refractivity contribution in [2.75, 3.05) is 10.2 Å². The summed E-state index contributed by atoms with van der Waals surface area (Å²) in [5, 5.41) is 5.74. The minimum atomic E-state index is -0.905. The van der Waals surface area contributed by atoms with Gasteiger partial charge in [0.25, 0.3) is 0 Å². The highest BCUT2D eigenvalue weighted by atomic mass is 16.2. The van der Waals surface area contributed by atoms with Gasteiger partial charge in [-0.25, -0.2) is 4.98 Å². The average molecular weight is 487 g/mol. The van der Waals surface area contributed by atoms with Crippen LogP contribution in [0.25, 0.3) is 0 Å². The Kier molecular flexibility index (Phi) is 8.59. The van der Waals surface area contributed by atoms with Crippen LogP contribution in [0.15, 0.2) is 72.9 Å². The lowest BCUT2D eigenvalue weighted by Gasteiger charge is -2.34. The van der Waals surface area contributed by atoms with Crippen LogP contribution >= 0.6 is 0 Å². The molecule has 2 aromatic carbocycles. The van der Waals surface area contributed by atoms with Crippen LogP contribution in [-0.4, -0.2) is 28.2 Å². The zero-order chi connectivity index (χ0) is 26.3. The number of anilines is 2. The topological polar surface area (TPSA) is 91.4 Å². The average Bonchev–Trinajstić information content (AvgIpc) is 2.82. The molecule has 0 aliphatic rings. The molecule has 7 nitrogen and oxygen atoms in total. The number of amides is 3. The number of hydrogen-bond donors (Lipinski definition) is 2. The first-order valence-corrected chi connectivity index (χ1v) is 12.0. The van der Waals surface area contributed by atoms with Crippen LogP contribution in [0.4, 0.5) is 11.5 Å². The maximum atomic E-state index is 13.8. The van der Waals surface area contributed by atoms with Crippen molar-refractivity contribution in [1.82, 2.24) is 10.3 Å². The largest absolute Gasteiger partial charge is 0.349 e. The van der Waals surface area contributed by atoms with Gasteiger partial charge in [-0.15, -0.1) is 0 Å². The summed E-state index contributed by atoms with van der Waals surface area (Å²) in [5.41, 5.74) is 2.72. The second kappa shape index (κ2) is 11.6. The van der Waals surface area contributed by atoms with Gasteiger partial charge in [0.1, 0.15) is 11.9 Å². The maximum absolute atomic E-state index is 13.8. The zero-order valence-corrected chi connectivity index (χ0v) is 21.5. The SMILES string of the molecule is Cc1ccc([C@H](C(=O)NC(C)(C)C)N(C(=O)CCC(=O)Nc2ccccn2)c2ccccc2C)cc1. The summed E-state index contributed by atoms with van der Waals surface area (Å²) in [6, 6.07) is 19.3. The molecule has 0 unspecified atom stereocenters. The fourth-order valence-electron chi connectivity index (χ4n) is 3.84. The molecule has 0 fully saturated rings. The van der Waals surface area contributed by atoms with Crippen molar-refractivity contribution in [2.24, 2.45) is 0 Å². The summed E-state index contributed by atoms with van der Waals surface area (Å²) in [5.74, 6) is -0.512. The minimum Gasteiger partial charge on any atom is -0.349 e. The molecular formula is C29H34N4O3. The second-order valence-electron chi connectivity index (χ2n) is 9.87. The molecule has 2 N–H and O–H groups in total. The molecule has 0 aliphatic heterocycles. The lowest BCUT2D eigenvalue weighted by molar-refractivity contribution is -0.128. The van der Waals surface area contributed by atoms with E-state index in [1.807, 2.05) is 83.1 Å². The van der Waals surface area contributed by atoms with Crippen LogP contribution in [0.2, 0.25) is 0 Å². The third kappa shape index (κ3) is 7.25. The molecule has 0 bridgehead atoms. The Morgan fingerprint density at radius 1 is 0.889 bits per heavy atom. The number of nitrogens with one attached hydrogen (secondary N) is 2. The van der Waals surface area contributed by atoms with E-state index in [1.165, 1.54) is 4.90 Å². The van der Waals surface area contributed by atoms with Gasteiger partial charge in [0.15, 0.2) is 0 Å². The maximum Gasteiger partial charge on any atom is 0.248 e. The molecule has 1 heterocycles. The van der Waals surface area contributed by atoms with Gasteiger partial charge in [0.05, 0.1) is 0 Å². The first-order chi connectivity index (χ1) is 17.0. The van der Waals surface area contributed by atoms with Crippen LogP contribution in [-0.2, 0) is 14.4 Å². The smallest absolute Gasteiger partial charge is 0.248 e. The molecule has 0 saturated carbocycles. The lowest BCUT2D eigenvalue weighted by atomic mass is 9.98. The normalized spacial score (nSPS) is 11.9. The van der Waals surface area contributed by atoms with E-state index in [0.717, 1.165) is 11.1 Å². The molecule has 1 atom stereocenters. The molecule has 188 valence electrons. The van der Waals surface area contributed by atoms with Crippen LogP contribution in [0, 0.1) is 13.8 Å². The van der Waals surface area contributed by atoms with Crippen molar-refractivity contribution in [2.45, 2.75) is 59.0 Å². The van der Waals surface area contributed by atoms with E-state index in [1.54, 1.807) is 24.4 Å². The van der Waals surface area contributed by atoms with Crippen LogP contribution < -0.4 is 15.5 Å². The third-order valence-corrected chi connectivity index (χ3v) is 5.54. The van der Waals surface area contributed by atoms with Crippen molar-refractivity contribution in [1.29, 1.82) is 0 Å². The molecule has 0 radical (unpaired) electrons. The summed E-state index contributed by atoms with van der Waals surface area (Å²) >= 11 is 0. The van der Waals surface area contributed by atoms with E-state index in [0.29, 0.717) is 17.1 Å². The Morgan fingerprint density at radius 2 is 1.56 bits per heavy atom. The van der Waals surface area contributed by atoms with Crippen LogP contribution in [0.5, 0.6) is 0 Å². The van der Waals surface area contributed by atoms with Crippen molar-refractivity contribution in [3.63, 3.8) is 0 Å². The van der Waals surface area contributed by atoms with E-state index in [9.17, 15) is 14.4 Å². The fraction of sp³-hybridized carbons (Fsp3) is 0.310. The summed E-state index contributed by atoms with van der Waals surface area (Å²) in [6.07, 6.45) is 1.47. The first-order valence-electron chi connectivity index (χ1n) is 12.0. The first kappa shape index (κ1) is 26.6. The Balaban J connectivity index is 1.96. The molecule has 7 heteroatoms. The summed E-state index contributed by atoms with van der Waals surface area (Å²) < 4.78 is 0. The highest BCUT2D eigenvalue weighted by Gasteiger charge is 2.35. The molecule has 1 aromatic heterocycles. The van der Waals surface area contributed by atoms with E-state index in [4.69, 9.17) is 0 Å². The van der Waals surface area contributed by atoms with Crippen molar-refractivity contribution in [3.05, 3.63) is 89.6 Å². The molecular weight excluding hydrogens is 452 g/mol. The zero-order valence-electron chi connectivity index (χ0n) is 21.5. The monoisotopic (exact) mass is 486 g/mol. The molecule has 0 spiro atoms. The van der Waals surface area contributed by atoms with Gasteiger partial charge in [-0.05, 0) is 63.9 Å². The number of para-hydroxylation sites is 1. The second-order valence-corrected chi connectivity index (χ2v) is 9.87. The van der Waals surface area contributed by atoms with Gasteiger partial charge < -0.3 is 10.6 Å². The summed E-state index contributed by atoms with van der Waals surface area (Å²) in [4.78, 5) is 45.6. The number of benzene rings is 2. The predicted molar refractivity (Wildman–Crippen MR) is 143 cm³/mol. The Bertz CT molecular complexity index is 1200. The van der Waals surface area contributed by atoms with E-state index in [-0.39, 0.29) is 30.6 Å². The molecule has 0 aliphatic carbocycles. The van der Waals surface area contributed by atoms with Gasteiger partial charge in [-0.3, -0.25) is 19.3 Å². The fourth-order valence-corrected chi connectivity index (χ4v) is 3.84. The third-order valence-electron chi connectivity index (χ3n) is 5.54. The molecule has 3 aromatic rings. The summed E-state index contributed by atoms with van der Waals surface area (Å²) in [6.45, 7) is 9.58. The molecule has 0 saturated heterocycles. The number of hydrogen-bond acceptors (Lipinski definition) is 4. The van der Waals surface area contributed by atoms with Gasteiger partial charge in [0, 0.05) is 30.3 Å². The predicted octanol–water partition coefficient (Wildman–Crippen LogP) is 5.11. The van der Waals surface area contributed by atoms with E-state index >= 15 is 0 Å². The van der Waals surface area contributed by atoms with Crippen LogP contribution in [0.1, 0.15) is 56.3 Å². The van der Waals surface area contributed by atoms with Crippen molar-refractivity contribution < 1.29 is 14.4 Å². The van der Waals surface area contributed by atoms with Crippen LogP contribution in [0.3, 0.4) is 0 Å². The minimum absolute atomic E-state index is 0.0424. The van der Waals surface area contributed by atoms with Gasteiger partial charge in [0.2, 0.25) is 17.7 Å².